The van der Waals surface area contributed by atoms with Crippen LogP contribution >= 0.6 is 11.3 Å². The molecule has 190 valence electrons. The van der Waals surface area contributed by atoms with Gasteiger partial charge in [-0.25, -0.2) is 15.0 Å². The van der Waals surface area contributed by atoms with Gasteiger partial charge in [-0.1, -0.05) is 98.8 Å². The molecular formula is C36H25N3S. The standard InChI is InChI=1S/C36H25N3S/c1-36(2)29-14-8-6-12-25(29)26-18-16-24(21-30(26)36)35-38-33(22-10-4-3-5-11-22)37-34(39-35)23-17-19-32-28(20-23)27-13-7-9-15-31(27)40-32/h3-21H,1-2H3. The summed E-state index contributed by atoms with van der Waals surface area (Å²) >= 11 is 1.82. The van der Waals surface area contributed by atoms with Gasteiger partial charge in [0.05, 0.1) is 0 Å². The van der Waals surface area contributed by atoms with Gasteiger partial charge < -0.3 is 0 Å². The van der Waals surface area contributed by atoms with Crippen molar-refractivity contribution in [3.8, 4) is 45.3 Å². The van der Waals surface area contributed by atoms with Crippen LogP contribution in [0.5, 0.6) is 0 Å². The van der Waals surface area contributed by atoms with E-state index in [0.717, 1.165) is 16.7 Å². The van der Waals surface area contributed by atoms with E-state index >= 15 is 0 Å². The highest BCUT2D eigenvalue weighted by atomic mass is 32.1. The van der Waals surface area contributed by atoms with Crippen LogP contribution in [0.15, 0.2) is 115 Å². The summed E-state index contributed by atoms with van der Waals surface area (Å²) in [5, 5.41) is 2.50. The average molecular weight is 532 g/mol. The highest BCUT2D eigenvalue weighted by Gasteiger charge is 2.35. The van der Waals surface area contributed by atoms with Crippen molar-refractivity contribution >= 4 is 31.5 Å². The van der Waals surface area contributed by atoms with E-state index in [9.17, 15) is 0 Å². The predicted molar refractivity (Wildman–Crippen MR) is 167 cm³/mol. The first-order chi connectivity index (χ1) is 19.6. The van der Waals surface area contributed by atoms with Gasteiger partial charge in [0.1, 0.15) is 0 Å². The van der Waals surface area contributed by atoms with Crippen LogP contribution < -0.4 is 0 Å². The van der Waals surface area contributed by atoms with Gasteiger partial charge in [-0.05, 0) is 52.6 Å². The first-order valence-electron chi connectivity index (χ1n) is 13.5. The number of benzene rings is 5. The van der Waals surface area contributed by atoms with E-state index in [1.807, 2.05) is 29.5 Å². The molecule has 3 nitrogen and oxygen atoms in total. The molecular weight excluding hydrogens is 506 g/mol. The molecule has 0 radical (unpaired) electrons. The second-order valence-electron chi connectivity index (χ2n) is 10.9. The van der Waals surface area contributed by atoms with E-state index < -0.39 is 0 Å². The molecule has 1 aliphatic carbocycles. The summed E-state index contributed by atoms with van der Waals surface area (Å²) in [5.41, 5.74) is 8.14. The maximum Gasteiger partial charge on any atom is 0.164 e. The third kappa shape index (κ3) is 3.53. The van der Waals surface area contributed by atoms with Crippen molar-refractivity contribution in [2.45, 2.75) is 19.3 Å². The maximum atomic E-state index is 5.07. The lowest BCUT2D eigenvalue weighted by Crippen LogP contribution is -2.15. The molecule has 0 bridgehead atoms. The Bertz CT molecular complexity index is 2090. The average Bonchev–Trinajstić information content (AvgIpc) is 3.49. The zero-order valence-electron chi connectivity index (χ0n) is 22.2. The van der Waals surface area contributed by atoms with Crippen LogP contribution in [-0.2, 0) is 5.41 Å². The minimum Gasteiger partial charge on any atom is -0.208 e. The number of nitrogens with zero attached hydrogens (tertiary/aromatic N) is 3. The minimum atomic E-state index is -0.0922. The van der Waals surface area contributed by atoms with Crippen molar-refractivity contribution in [1.82, 2.24) is 15.0 Å². The van der Waals surface area contributed by atoms with Crippen LogP contribution in [0.25, 0.3) is 65.5 Å². The van der Waals surface area contributed by atoms with E-state index in [4.69, 9.17) is 15.0 Å². The lowest BCUT2D eigenvalue weighted by Gasteiger charge is -2.21. The molecule has 8 rings (SSSR count). The van der Waals surface area contributed by atoms with Gasteiger partial charge in [-0.3, -0.25) is 0 Å². The van der Waals surface area contributed by atoms with Crippen molar-refractivity contribution in [2.24, 2.45) is 0 Å². The topological polar surface area (TPSA) is 38.7 Å². The molecule has 0 N–H and O–H groups in total. The third-order valence-electron chi connectivity index (χ3n) is 8.14. The van der Waals surface area contributed by atoms with Crippen molar-refractivity contribution in [3.63, 3.8) is 0 Å². The van der Waals surface area contributed by atoms with Gasteiger partial charge >= 0.3 is 0 Å². The monoisotopic (exact) mass is 531 g/mol. The molecule has 4 heteroatoms. The Morgan fingerprint density at radius 1 is 0.475 bits per heavy atom. The molecule has 0 amide bonds. The molecule has 0 atom stereocenters. The highest BCUT2D eigenvalue weighted by Crippen LogP contribution is 2.49. The molecule has 40 heavy (non-hydrogen) atoms. The Balaban J connectivity index is 1.32. The van der Waals surface area contributed by atoms with Crippen molar-refractivity contribution in [1.29, 1.82) is 0 Å². The SMILES string of the molecule is CC1(C)c2ccccc2-c2ccc(-c3nc(-c4ccccc4)nc(-c4ccc5sc6ccccc6c5c4)n3)cc21. The van der Waals surface area contributed by atoms with Crippen molar-refractivity contribution in [3.05, 3.63) is 126 Å². The Morgan fingerprint density at radius 3 is 1.90 bits per heavy atom. The third-order valence-corrected chi connectivity index (χ3v) is 9.30. The fourth-order valence-electron chi connectivity index (χ4n) is 6.06. The van der Waals surface area contributed by atoms with Gasteiger partial charge in [0.2, 0.25) is 0 Å². The number of rotatable bonds is 3. The van der Waals surface area contributed by atoms with Crippen LogP contribution in [0.1, 0.15) is 25.0 Å². The largest absolute Gasteiger partial charge is 0.208 e. The Labute approximate surface area is 236 Å². The zero-order valence-corrected chi connectivity index (χ0v) is 23.0. The van der Waals surface area contributed by atoms with Crippen LogP contribution in [-0.4, -0.2) is 15.0 Å². The Morgan fingerprint density at radius 2 is 1.07 bits per heavy atom. The predicted octanol–water partition coefficient (Wildman–Crippen LogP) is 9.55. The quantitative estimate of drug-likeness (QED) is 0.228. The number of thiophene rings is 1. The van der Waals surface area contributed by atoms with E-state index in [0.29, 0.717) is 17.5 Å². The molecule has 0 unspecified atom stereocenters. The van der Waals surface area contributed by atoms with Crippen LogP contribution in [0.4, 0.5) is 0 Å². The molecule has 0 spiro atoms. The lowest BCUT2D eigenvalue weighted by atomic mass is 9.82. The smallest absolute Gasteiger partial charge is 0.164 e. The molecule has 1 aliphatic rings. The second kappa shape index (κ2) is 8.67. The summed E-state index contributed by atoms with van der Waals surface area (Å²) in [7, 11) is 0. The fraction of sp³-hybridized carbons (Fsp3) is 0.0833. The minimum absolute atomic E-state index is 0.0922. The number of hydrogen-bond acceptors (Lipinski definition) is 4. The van der Waals surface area contributed by atoms with Gasteiger partial charge in [0, 0.05) is 42.3 Å². The van der Waals surface area contributed by atoms with Crippen molar-refractivity contribution < 1.29 is 0 Å². The van der Waals surface area contributed by atoms with E-state index in [1.54, 1.807) is 0 Å². The van der Waals surface area contributed by atoms with Crippen LogP contribution in [0, 0.1) is 0 Å². The van der Waals surface area contributed by atoms with E-state index in [2.05, 4.69) is 111 Å². The number of fused-ring (bicyclic) bond motifs is 6. The normalized spacial score (nSPS) is 13.4. The van der Waals surface area contributed by atoms with Gasteiger partial charge in [0.15, 0.2) is 17.5 Å². The summed E-state index contributed by atoms with van der Waals surface area (Å²) in [5.74, 6) is 2.05. The second-order valence-corrected chi connectivity index (χ2v) is 12.0. The molecule has 2 aromatic heterocycles. The molecule has 0 saturated carbocycles. The van der Waals surface area contributed by atoms with Gasteiger partial charge in [-0.15, -0.1) is 11.3 Å². The van der Waals surface area contributed by atoms with Crippen LogP contribution in [0.3, 0.4) is 0 Å². The Kier molecular flexibility index (Phi) is 5.04. The highest BCUT2D eigenvalue weighted by molar-refractivity contribution is 7.25. The number of aromatic nitrogens is 3. The molecule has 0 saturated heterocycles. The summed E-state index contributed by atoms with van der Waals surface area (Å²) in [6, 6.07) is 40.7. The van der Waals surface area contributed by atoms with E-state index in [-0.39, 0.29) is 5.41 Å². The first-order valence-corrected chi connectivity index (χ1v) is 14.4. The van der Waals surface area contributed by atoms with E-state index in [1.165, 1.54) is 42.4 Å². The Hall–Kier alpha value is -4.67. The molecule has 7 aromatic rings. The summed E-state index contributed by atoms with van der Waals surface area (Å²) in [4.78, 5) is 15.1. The van der Waals surface area contributed by atoms with Gasteiger partial charge in [0.25, 0.3) is 0 Å². The molecule has 5 aromatic carbocycles. The lowest BCUT2D eigenvalue weighted by molar-refractivity contribution is 0.660. The summed E-state index contributed by atoms with van der Waals surface area (Å²) < 4.78 is 2.56. The molecule has 2 heterocycles. The molecule has 0 aliphatic heterocycles. The molecule has 0 fully saturated rings. The van der Waals surface area contributed by atoms with Gasteiger partial charge in [-0.2, -0.15) is 0 Å². The van der Waals surface area contributed by atoms with Crippen LogP contribution in [0.2, 0.25) is 0 Å². The van der Waals surface area contributed by atoms with Crippen molar-refractivity contribution in [2.75, 3.05) is 0 Å². The summed E-state index contributed by atoms with van der Waals surface area (Å²) in [6.45, 7) is 4.60. The fourth-order valence-corrected chi connectivity index (χ4v) is 7.15. The maximum absolute atomic E-state index is 5.07. The number of hydrogen-bond donors (Lipinski definition) is 0. The first kappa shape index (κ1) is 23.2. The summed E-state index contributed by atoms with van der Waals surface area (Å²) in [6.07, 6.45) is 0. The zero-order chi connectivity index (χ0) is 26.8.